The first-order valence-electron chi connectivity index (χ1n) is 6.42. The standard InChI is InChI=1S/C16H15Cl2NO2/c1-10(12-5-3-4-6-14(12)18)19(2)15-8-7-11(17)9-13(15)16(20)21/h3-10H,1-2H3,(H,20,21). The third-order valence-corrected chi connectivity index (χ3v) is 4.08. The minimum Gasteiger partial charge on any atom is -0.478 e. The Labute approximate surface area is 133 Å². The molecule has 1 atom stereocenters. The Balaban J connectivity index is 2.43. The molecule has 0 heterocycles. The minimum absolute atomic E-state index is 0.0713. The fourth-order valence-corrected chi connectivity index (χ4v) is 2.68. The van der Waals surface area contributed by atoms with Crippen LogP contribution in [0.1, 0.15) is 28.9 Å². The quantitative estimate of drug-likeness (QED) is 0.870. The largest absolute Gasteiger partial charge is 0.478 e. The van der Waals surface area contributed by atoms with E-state index in [0.29, 0.717) is 15.7 Å². The van der Waals surface area contributed by atoms with Gasteiger partial charge < -0.3 is 10.0 Å². The van der Waals surface area contributed by atoms with Gasteiger partial charge in [0, 0.05) is 17.1 Å². The first-order valence-corrected chi connectivity index (χ1v) is 7.17. The third kappa shape index (κ3) is 3.31. The summed E-state index contributed by atoms with van der Waals surface area (Å²) in [7, 11) is 1.84. The van der Waals surface area contributed by atoms with Crippen LogP contribution < -0.4 is 4.90 Å². The number of carbonyl (C=O) groups is 1. The molecule has 3 nitrogen and oxygen atoms in total. The number of carboxylic acid groups (broad SMARTS) is 1. The van der Waals surface area contributed by atoms with E-state index in [1.54, 1.807) is 12.1 Å². The maximum Gasteiger partial charge on any atom is 0.337 e. The highest BCUT2D eigenvalue weighted by Gasteiger charge is 2.20. The summed E-state index contributed by atoms with van der Waals surface area (Å²) in [4.78, 5) is 13.3. The second-order valence-corrected chi connectivity index (χ2v) is 5.62. The van der Waals surface area contributed by atoms with Gasteiger partial charge in [-0.2, -0.15) is 0 Å². The molecule has 2 rings (SSSR count). The second-order valence-electron chi connectivity index (χ2n) is 4.78. The minimum atomic E-state index is -1.01. The van der Waals surface area contributed by atoms with Crippen LogP contribution in [0.15, 0.2) is 42.5 Å². The molecule has 110 valence electrons. The van der Waals surface area contributed by atoms with Crippen LogP contribution in [0.3, 0.4) is 0 Å². The normalized spacial score (nSPS) is 12.0. The molecular formula is C16H15Cl2NO2. The number of hydrogen-bond donors (Lipinski definition) is 1. The van der Waals surface area contributed by atoms with E-state index in [0.717, 1.165) is 5.56 Å². The molecular weight excluding hydrogens is 309 g/mol. The molecule has 1 unspecified atom stereocenters. The summed E-state index contributed by atoms with van der Waals surface area (Å²) in [5.74, 6) is -1.01. The van der Waals surface area contributed by atoms with E-state index >= 15 is 0 Å². The molecule has 1 N–H and O–H groups in total. The molecule has 0 aromatic heterocycles. The van der Waals surface area contributed by atoms with Crippen LogP contribution in [0, 0.1) is 0 Å². The van der Waals surface area contributed by atoms with E-state index in [9.17, 15) is 9.90 Å². The first-order chi connectivity index (χ1) is 9.91. The number of aromatic carboxylic acids is 1. The zero-order chi connectivity index (χ0) is 15.6. The maximum absolute atomic E-state index is 11.4. The van der Waals surface area contributed by atoms with Crippen LogP contribution in [0.5, 0.6) is 0 Å². The topological polar surface area (TPSA) is 40.5 Å². The van der Waals surface area contributed by atoms with Crippen molar-refractivity contribution in [2.45, 2.75) is 13.0 Å². The number of anilines is 1. The third-order valence-electron chi connectivity index (χ3n) is 3.51. The predicted octanol–water partition coefficient (Wildman–Crippen LogP) is 4.89. The van der Waals surface area contributed by atoms with Gasteiger partial charge in [0.25, 0.3) is 0 Å². The summed E-state index contributed by atoms with van der Waals surface area (Å²) in [5, 5.41) is 10.4. The van der Waals surface area contributed by atoms with Crippen molar-refractivity contribution in [3.63, 3.8) is 0 Å². The molecule has 0 aliphatic rings. The lowest BCUT2D eigenvalue weighted by Crippen LogP contribution is -2.24. The van der Waals surface area contributed by atoms with E-state index in [1.165, 1.54) is 6.07 Å². The highest BCUT2D eigenvalue weighted by molar-refractivity contribution is 6.31. The van der Waals surface area contributed by atoms with Crippen LogP contribution in [-0.2, 0) is 0 Å². The Kier molecular flexibility index (Phi) is 4.76. The molecule has 2 aromatic carbocycles. The molecule has 0 spiro atoms. The maximum atomic E-state index is 11.4. The molecule has 0 aliphatic carbocycles. The van der Waals surface area contributed by atoms with Crippen molar-refractivity contribution in [2.75, 3.05) is 11.9 Å². The van der Waals surface area contributed by atoms with Crippen molar-refractivity contribution >= 4 is 34.9 Å². The summed E-state index contributed by atoms with van der Waals surface area (Å²) < 4.78 is 0. The van der Waals surface area contributed by atoms with Gasteiger partial charge in [-0.25, -0.2) is 4.79 Å². The fraction of sp³-hybridized carbons (Fsp3) is 0.188. The lowest BCUT2D eigenvalue weighted by atomic mass is 10.0. The van der Waals surface area contributed by atoms with Gasteiger partial charge in [0.2, 0.25) is 0 Å². The molecule has 5 heteroatoms. The van der Waals surface area contributed by atoms with Crippen molar-refractivity contribution in [1.29, 1.82) is 0 Å². The Bertz CT molecular complexity index is 673. The van der Waals surface area contributed by atoms with Gasteiger partial charge in [0.05, 0.1) is 17.3 Å². The molecule has 0 bridgehead atoms. The lowest BCUT2D eigenvalue weighted by molar-refractivity contribution is 0.0697. The number of rotatable bonds is 4. The Hall–Kier alpha value is -1.71. The number of halogens is 2. The van der Waals surface area contributed by atoms with Gasteiger partial charge in [-0.1, -0.05) is 41.4 Å². The van der Waals surface area contributed by atoms with Crippen LogP contribution in [0.25, 0.3) is 0 Å². The van der Waals surface area contributed by atoms with Crippen LogP contribution in [-0.4, -0.2) is 18.1 Å². The van der Waals surface area contributed by atoms with E-state index in [2.05, 4.69) is 0 Å². The zero-order valence-corrected chi connectivity index (χ0v) is 13.2. The molecule has 0 saturated heterocycles. The first kappa shape index (κ1) is 15.7. The molecule has 21 heavy (non-hydrogen) atoms. The smallest absolute Gasteiger partial charge is 0.337 e. The van der Waals surface area contributed by atoms with E-state index in [1.807, 2.05) is 43.1 Å². The number of carboxylic acids is 1. The molecule has 0 fully saturated rings. The highest BCUT2D eigenvalue weighted by atomic mass is 35.5. The van der Waals surface area contributed by atoms with Crippen LogP contribution >= 0.6 is 23.2 Å². The van der Waals surface area contributed by atoms with Gasteiger partial charge in [-0.05, 0) is 36.8 Å². The van der Waals surface area contributed by atoms with Crippen molar-refractivity contribution < 1.29 is 9.90 Å². The summed E-state index contributed by atoms with van der Waals surface area (Å²) in [6.07, 6.45) is 0. The van der Waals surface area contributed by atoms with Gasteiger partial charge in [0.1, 0.15) is 0 Å². The summed E-state index contributed by atoms with van der Waals surface area (Å²) in [6, 6.07) is 12.3. The molecule has 0 radical (unpaired) electrons. The fourth-order valence-electron chi connectivity index (χ4n) is 2.22. The summed E-state index contributed by atoms with van der Waals surface area (Å²) >= 11 is 12.1. The predicted molar refractivity (Wildman–Crippen MR) is 86.7 cm³/mol. The Morgan fingerprint density at radius 2 is 1.86 bits per heavy atom. The average Bonchev–Trinajstić information content (AvgIpc) is 2.46. The highest BCUT2D eigenvalue weighted by Crippen LogP contribution is 2.32. The molecule has 2 aromatic rings. The van der Waals surface area contributed by atoms with E-state index < -0.39 is 5.97 Å². The summed E-state index contributed by atoms with van der Waals surface area (Å²) in [5.41, 5.74) is 1.70. The SMILES string of the molecule is CC(c1ccccc1Cl)N(C)c1ccc(Cl)cc1C(=O)O. The Morgan fingerprint density at radius 3 is 2.48 bits per heavy atom. The van der Waals surface area contributed by atoms with Crippen LogP contribution in [0.2, 0.25) is 10.0 Å². The van der Waals surface area contributed by atoms with Gasteiger partial charge in [-0.15, -0.1) is 0 Å². The second kappa shape index (κ2) is 6.37. The van der Waals surface area contributed by atoms with Gasteiger partial charge >= 0.3 is 5.97 Å². The van der Waals surface area contributed by atoms with Crippen molar-refractivity contribution in [2.24, 2.45) is 0 Å². The van der Waals surface area contributed by atoms with Crippen LogP contribution in [0.4, 0.5) is 5.69 Å². The molecule has 0 aliphatic heterocycles. The number of hydrogen-bond acceptors (Lipinski definition) is 2. The van der Waals surface area contributed by atoms with Gasteiger partial charge in [-0.3, -0.25) is 0 Å². The molecule has 0 amide bonds. The number of nitrogens with zero attached hydrogens (tertiary/aromatic N) is 1. The van der Waals surface area contributed by atoms with E-state index in [4.69, 9.17) is 23.2 Å². The molecule has 0 saturated carbocycles. The number of benzene rings is 2. The zero-order valence-electron chi connectivity index (χ0n) is 11.7. The van der Waals surface area contributed by atoms with Crippen molar-refractivity contribution in [1.82, 2.24) is 0 Å². The van der Waals surface area contributed by atoms with Crippen molar-refractivity contribution in [3.8, 4) is 0 Å². The average molecular weight is 324 g/mol. The summed E-state index contributed by atoms with van der Waals surface area (Å²) in [6.45, 7) is 1.97. The lowest BCUT2D eigenvalue weighted by Gasteiger charge is -2.29. The monoisotopic (exact) mass is 323 g/mol. The Morgan fingerprint density at radius 1 is 1.19 bits per heavy atom. The van der Waals surface area contributed by atoms with Crippen molar-refractivity contribution in [3.05, 3.63) is 63.6 Å². The van der Waals surface area contributed by atoms with E-state index in [-0.39, 0.29) is 11.6 Å². The van der Waals surface area contributed by atoms with Gasteiger partial charge in [0.15, 0.2) is 0 Å².